The van der Waals surface area contributed by atoms with Gasteiger partial charge in [-0.3, -0.25) is 9.59 Å². The Morgan fingerprint density at radius 1 is 1.18 bits per heavy atom. The minimum Gasteiger partial charge on any atom is -0.481 e. The molecule has 0 bridgehead atoms. The fourth-order valence-electron chi connectivity index (χ4n) is 3.63. The van der Waals surface area contributed by atoms with Crippen LogP contribution in [0.25, 0.3) is 10.9 Å². The number of hydrogen-bond acceptors (Lipinski definition) is 2. The molecule has 2 atom stereocenters. The van der Waals surface area contributed by atoms with Gasteiger partial charge in [0.25, 0.3) is 5.91 Å². The Bertz CT molecular complexity index is 747. The molecule has 1 aromatic carbocycles. The van der Waals surface area contributed by atoms with Gasteiger partial charge in [0, 0.05) is 35.8 Å². The van der Waals surface area contributed by atoms with Crippen molar-refractivity contribution in [1.29, 1.82) is 0 Å². The van der Waals surface area contributed by atoms with Crippen molar-refractivity contribution in [3.63, 3.8) is 0 Å². The van der Waals surface area contributed by atoms with Crippen molar-refractivity contribution in [3.8, 4) is 0 Å². The van der Waals surface area contributed by atoms with Crippen LogP contribution in [0, 0.1) is 17.8 Å². The summed E-state index contributed by atoms with van der Waals surface area (Å²) in [6.45, 7) is 0.909. The summed E-state index contributed by atoms with van der Waals surface area (Å²) >= 11 is 0. The van der Waals surface area contributed by atoms with Gasteiger partial charge in [-0.15, -0.1) is 0 Å². The number of aliphatic carboxylic acids is 1. The van der Waals surface area contributed by atoms with Gasteiger partial charge in [0.15, 0.2) is 0 Å². The topological polar surface area (TPSA) is 73.4 Å². The molecule has 1 saturated carbocycles. The minimum atomic E-state index is -0.770. The van der Waals surface area contributed by atoms with Crippen LogP contribution in [0.5, 0.6) is 0 Å². The fourth-order valence-corrected chi connectivity index (χ4v) is 3.63. The molecule has 1 amide bonds. The fraction of sp³-hybridized carbons (Fsp3) is 0.412. The number of carbonyl (C=O) groups excluding carboxylic acids is 1. The van der Waals surface area contributed by atoms with Crippen LogP contribution < -0.4 is 0 Å². The molecule has 114 valence electrons. The molecule has 1 aromatic heterocycles. The van der Waals surface area contributed by atoms with Gasteiger partial charge in [-0.1, -0.05) is 0 Å². The zero-order valence-corrected chi connectivity index (χ0v) is 12.2. The summed E-state index contributed by atoms with van der Waals surface area (Å²) in [7, 11) is 0. The molecule has 5 nitrogen and oxygen atoms in total. The molecule has 2 aliphatic rings. The van der Waals surface area contributed by atoms with Crippen molar-refractivity contribution in [2.75, 3.05) is 13.1 Å². The molecule has 5 heteroatoms. The van der Waals surface area contributed by atoms with E-state index in [-0.39, 0.29) is 11.8 Å². The summed E-state index contributed by atoms with van der Waals surface area (Å²) in [6.07, 6.45) is 4.05. The smallest absolute Gasteiger partial charge is 0.308 e. The second kappa shape index (κ2) is 4.87. The Morgan fingerprint density at radius 3 is 2.73 bits per heavy atom. The summed E-state index contributed by atoms with van der Waals surface area (Å²) in [5.74, 6) is -0.623. The molecule has 2 aromatic rings. The van der Waals surface area contributed by atoms with E-state index in [1.54, 1.807) is 11.0 Å². The quantitative estimate of drug-likeness (QED) is 0.913. The van der Waals surface area contributed by atoms with Crippen molar-refractivity contribution in [1.82, 2.24) is 9.88 Å². The monoisotopic (exact) mass is 298 g/mol. The van der Waals surface area contributed by atoms with E-state index in [1.807, 2.05) is 24.4 Å². The van der Waals surface area contributed by atoms with Gasteiger partial charge in [0.05, 0.1) is 5.92 Å². The van der Waals surface area contributed by atoms with E-state index in [4.69, 9.17) is 0 Å². The van der Waals surface area contributed by atoms with E-state index in [2.05, 4.69) is 4.98 Å². The average molecular weight is 298 g/mol. The predicted molar refractivity (Wildman–Crippen MR) is 81.5 cm³/mol. The number of amides is 1. The molecule has 4 rings (SSSR count). The van der Waals surface area contributed by atoms with Crippen LogP contribution >= 0.6 is 0 Å². The lowest BCUT2D eigenvalue weighted by molar-refractivity contribution is -0.142. The van der Waals surface area contributed by atoms with E-state index < -0.39 is 11.9 Å². The molecule has 0 unspecified atom stereocenters. The second-order valence-corrected chi connectivity index (χ2v) is 6.44. The number of carboxylic acids is 1. The summed E-state index contributed by atoms with van der Waals surface area (Å²) < 4.78 is 0. The molecule has 22 heavy (non-hydrogen) atoms. The van der Waals surface area contributed by atoms with E-state index in [0.717, 1.165) is 23.7 Å². The average Bonchev–Trinajstić information content (AvgIpc) is 3.09. The summed E-state index contributed by atoms with van der Waals surface area (Å²) in [5.41, 5.74) is 1.63. The van der Waals surface area contributed by atoms with Crippen LogP contribution in [0.4, 0.5) is 0 Å². The maximum atomic E-state index is 12.7. The Hall–Kier alpha value is -2.30. The van der Waals surface area contributed by atoms with Crippen LogP contribution in [0.1, 0.15) is 23.2 Å². The van der Waals surface area contributed by atoms with Gasteiger partial charge in [-0.2, -0.15) is 0 Å². The largest absolute Gasteiger partial charge is 0.481 e. The van der Waals surface area contributed by atoms with Gasteiger partial charge >= 0.3 is 5.97 Å². The predicted octanol–water partition coefficient (Wildman–Crippen LogP) is 2.35. The minimum absolute atomic E-state index is 0.0579. The molecular formula is C17H18N2O3. The number of H-pyrrole nitrogens is 1. The van der Waals surface area contributed by atoms with Gasteiger partial charge in [-0.25, -0.2) is 0 Å². The van der Waals surface area contributed by atoms with Gasteiger partial charge in [0.1, 0.15) is 0 Å². The number of likely N-dealkylation sites (tertiary alicyclic amines) is 1. The molecule has 0 spiro atoms. The Balaban J connectivity index is 1.58. The van der Waals surface area contributed by atoms with Crippen molar-refractivity contribution in [2.24, 2.45) is 17.8 Å². The molecule has 0 radical (unpaired) electrons. The third-order valence-corrected chi connectivity index (χ3v) is 5.00. The molecule has 1 aliphatic heterocycles. The zero-order chi connectivity index (χ0) is 15.3. The molecule has 1 aliphatic carbocycles. The van der Waals surface area contributed by atoms with E-state index in [0.29, 0.717) is 24.6 Å². The number of nitrogens with one attached hydrogen (secondary N) is 1. The number of fused-ring (bicyclic) bond motifs is 1. The highest BCUT2D eigenvalue weighted by atomic mass is 16.4. The number of aromatic amines is 1. The highest BCUT2D eigenvalue weighted by molar-refractivity contribution is 5.98. The van der Waals surface area contributed by atoms with Crippen LogP contribution in [-0.2, 0) is 4.79 Å². The molecule has 2 N–H and O–H groups in total. The van der Waals surface area contributed by atoms with E-state index >= 15 is 0 Å². The van der Waals surface area contributed by atoms with Crippen molar-refractivity contribution >= 4 is 22.8 Å². The van der Waals surface area contributed by atoms with Crippen molar-refractivity contribution < 1.29 is 14.7 Å². The first-order valence-corrected chi connectivity index (χ1v) is 7.72. The zero-order valence-electron chi connectivity index (χ0n) is 12.2. The van der Waals surface area contributed by atoms with Crippen LogP contribution in [0.2, 0.25) is 0 Å². The number of hydrogen-bond donors (Lipinski definition) is 2. The number of aromatic nitrogens is 1. The lowest BCUT2D eigenvalue weighted by atomic mass is 9.92. The first-order chi connectivity index (χ1) is 10.6. The molecule has 1 saturated heterocycles. The highest BCUT2D eigenvalue weighted by Crippen LogP contribution is 2.44. The van der Waals surface area contributed by atoms with E-state index in [9.17, 15) is 14.7 Å². The molecule has 2 heterocycles. The summed E-state index contributed by atoms with van der Waals surface area (Å²) in [4.78, 5) is 29.0. The normalized spacial score (nSPS) is 24.8. The third-order valence-electron chi connectivity index (χ3n) is 5.00. The van der Waals surface area contributed by atoms with Gasteiger partial charge in [-0.05, 0) is 48.9 Å². The number of rotatable bonds is 3. The molecule has 2 fully saturated rings. The maximum Gasteiger partial charge on any atom is 0.308 e. The molecular weight excluding hydrogens is 280 g/mol. The number of carbonyl (C=O) groups is 2. The first-order valence-electron chi connectivity index (χ1n) is 7.72. The van der Waals surface area contributed by atoms with Gasteiger partial charge in [0.2, 0.25) is 0 Å². The summed E-state index contributed by atoms with van der Waals surface area (Å²) in [6, 6.07) is 7.50. The second-order valence-electron chi connectivity index (χ2n) is 6.44. The van der Waals surface area contributed by atoms with Crippen LogP contribution in [-0.4, -0.2) is 40.0 Å². The highest BCUT2D eigenvalue weighted by Gasteiger charge is 2.46. The van der Waals surface area contributed by atoms with Crippen LogP contribution in [0.15, 0.2) is 30.5 Å². The standard InChI is InChI=1S/C17H18N2O3/c20-16(12-3-4-15-11(7-12)5-6-18-15)19-8-13(10-1-2-10)14(9-19)17(21)22/h3-7,10,13-14,18H,1-2,8-9H2,(H,21,22)/t13-,14+/m1/s1. The Morgan fingerprint density at radius 2 is 2.00 bits per heavy atom. The Labute approximate surface area is 127 Å². The van der Waals surface area contributed by atoms with Crippen LogP contribution in [0.3, 0.4) is 0 Å². The lowest BCUT2D eigenvalue weighted by Crippen LogP contribution is -2.29. The van der Waals surface area contributed by atoms with Crippen molar-refractivity contribution in [2.45, 2.75) is 12.8 Å². The summed E-state index contributed by atoms with van der Waals surface area (Å²) in [5, 5.41) is 10.4. The third kappa shape index (κ3) is 2.17. The maximum absolute atomic E-state index is 12.7. The first kappa shape index (κ1) is 13.4. The van der Waals surface area contributed by atoms with Crippen molar-refractivity contribution in [3.05, 3.63) is 36.0 Å². The number of carboxylic acid groups (broad SMARTS) is 1. The number of benzene rings is 1. The van der Waals surface area contributed by atoms with Gasteiger partial charge < -0.3 is 15.0 Å². The lowest BCUT2D eigenvalue weighted by Gasteiger charge is -2.16. The number of nitrogens with zero attached hydrogens (tertiary/aromatic N) is 1. The van der Waals surface area contributed by atoms with E-state index in [1.165, 1.54) is 0 Å². The Kier molecular flexibility index (Phi) is 2.96. The SMILES string of the molecule is O=C(O)[C@H]1CN(C(=O)c2ccc3[nH]ccc3c2)C[C@@H]1C1CC1.